The lowest BCUT2D eigenvalue weighted by atomic mass is 10.2. The Kier molecular flexibility index (Phi) is 4.33. The van der Waals surface area contributed by atoms with Crippen LogP contribution < -0.4 is 10.1 Å². The Balaban J connectivity index is 2.20. The zero-order chi connectivity index (χ0) is 13.0. The summed E-state index contributed by atoms with van der Waals surface area (Å²) in [6.07, 6.45) is 0. The molecule has 0 unspecified atom stereocenters. The van der Waals surface area contributed by atoms with Gasteiger partial charge < -0.3 is 10.1 Å². The molecule has 0 spiro atoms. The summed E-state index contributed by atoms with van der Waals surface area (Å²) in [7, 11) is 1.89. The number of para-hydroxylation sites is 1. The molecule has 2 aromatic rings. The summed E-state index contributed by atoms with van der Waals surface area (Å²) in [6, 6.07) is 11.9. The van der Waals surface area contributed by atoms with Crippen molar-refractivity contribution >= 4 is 15.9 Å². The highest BCUT2D eigenvalue weighted by molar-refractivity contribution is 9.10. The Labute approximate surface area is 114 Å². The minimum Gasteiger partial charge on any atom is -0.454 e. The molecule has 2 aromatic carbocycles. The highest BCUT2D eigenvalue weighted by Gasteiger charge is 2.05. The number of ether oxygens (including phenoxy) is 1. The first-order valence-electron chi connectivity index (χ1n) is 5.56. The third-order valence-corrected chi connectivity index (χ3v) is 3.19. The van der Waals surface area contributed by atoms with E-state index in [1.807, 2.05) is 25.2 Å². The number of nitrogens with one attached hydrogen (secondary N) is 1. The summed E-state index contributed by atoms with van der Waals surface area (Å²) in [4.78, 5) is 0. The van der Waals surface area contributed by atoms with Gasteiger partial charge >= 0.3 is 0 Å². The van der Waals surface area contributed by atoms with E-state index in [-0.39, 0.29) is 11.6 Å². The Morgan fingerprint density at radius 3 is 2.67 bits per heavy atom. The van der Waals surface area contributed by atoms with Gasteiger partial charge in [-0.1, -0.05) is 34.1 Å². The summed E-state index contributed by atoms with van der Waals surface area (Å²) in [5.74, 6) is 0.463. The average molecular weight is 310 g/mol. The number of rotatable bonds is 4. The molecule has 0 amide bonds. The number of hydrogen-bond donors (Lipinski definition) is 1. The summed E-state index contributed by atoms with van der Waals surface area (Å²) in [6.45, 7) is 0.764. The van der Waals surface area contributed by atoms with Gasteiger partial charge in [0.2, 0.25) is 0 Å². The predicted molar refractivity (Wildman–Crippen MR) is 73.4 cm³/mol. The third-order valence-electron chi connectivity index (χ3n) is 2.46. The van der Waals surface area contributed by atoms with Crippen LogP contribution >= 0.6 is 15.9 Å². The molecule has 0 aliphatic rings. The first-order valence-corrected chi connectivity index (χ1v) is 6.35. The molecule has 2 rings (SSSR count). The number of halogens is 2. The van der Waals surface area contributed by atoms with Crippen molar-refractivity contribution in [1.82, 2.24) is 5.32 Å². The summed E-state index contributed by atoms with van der Waals surface area (Å²) < 4.78 is 19.9. The van der Waals surface area contributed by atoms with Gasteiger partial charge in [0.1, 0.15) is 5.75 Å². The summed E-state index contributed by atoms with van der Waals surface area (Å²) in [5.41, 5.74) is 1.12. The molecule has 0 saturated carbocycles. The van der Waals surface area contributed by atoms with Crippen LogP contribution in [0.4, 0.5) is 4.39 Å². The summed E-state index contributed by atoms with van der Waals surface area (Å²) >= 11 is 3.47. The van der Waals surface area contributed by atoms with Crippen LogP contribution in [-0.4, -0.2) is 7.05 Å². The maximum absolute atomic E-state index is 13.4. The molecule has 0 radical (unpaired) electrons. The smallest absolute Gasteiger partial charge is 0.165 e. The van der Waals surface area contributed by atoms with Gasteiger partial charge in [-0.2, -0.15) is 0 Å². The van der Waals surface area contributed by atoms with E-state index >= 15 is 0 Å². The van der Waals surface area contributed by atoms with E-state index < -0.39 is 0 Å². The zero-order valence-electron chi connectivity index (χ0n) is 9.91. The fraction of sp³-hybridized carbons (Fsp3) is 0.143. The van der Waals surface area contributed by atoms with Crippen molar-refractivity contribution in [2.75, 3.05) is 7.05 Å². The minimum atomic E-state index is -0.368. The Bertz CT molecular complexity index is 545. The fourth-order valence-corrected chi connectivity index (χ4v) is 2.08. The van der Waals surface area contributed by atoms with Crippen LogP contribution in [0.5, 0.6) is 11.5 Å². The lowest BCUT2D eigenvalue weighted by molar-refractivity contribution is 0.442. The van der Waals surface area contributed by atoms with Crippen molar-refractivity contribution in [3.05, 3.63) is 58.3 Å². The molecule has 94 valence electrons. The molecular weight excluding hydrogens is 297 g/mol. The monoisotopic (exact) mass is 309 g/mol. The van der Waals surface area contributed by atoms with Gasteiger partial charge in [-0.15, -0.1) is 0 Å². The second kappa shape index (κ2) is 5.98. The minimum absolute atomic E-state index is 0.228. The van der Waals surface area contributed by atoms with E-state index in [2.05, 4.69) is 21.2 Å². The number of benzene rings is 2. The van der Waals surface area contributed by atoms with Crippen molar-refractivity contribution in [3.63, 3.8) is 0 Å². The summed E-state index contributed by atoms with van der Waals surface area (Å²) in [5, 5.41) is 3.07. The Hall–Kier alpha value is -1.39. The molecule has 0 bridgehead atoms. The van der Waals surface area contributed by atoms with E-state index in [1.165, 1.54) is 6.07 Å². The van der Waals surface area contributed by atoms with Crippen molar-refractivity contribution in [2.45, 2.75) is 6.54 Å². The molecule has 0 aliphatic heterocycles. The van der Waals surface area contributed by atoms with Gasteiger partial charge in [-0.3, -0.25) is 0 Å². The maximum atomic E-state index is 13.4. The first-order chi connectivity index (χ1) is 8.70. The largest absolute Gasteiger partial charge is 0.454 e. The van der Waals surface area contributed by atoms with Crippen LogP contribution in [0.2, 0.25) is 0 Å². The van der Waals surface area contributed by atoms with Crippen LogP contribution in [0.3, 0.4) is 0 Å². The molecule has 0 atom stereocenters. The number of hydrogen-bond acceptors (Lipinski definition) is 2. The van der Waals surface area contributed by atoms with Gasteiger partial charge in [0.25, 0.3) is 0 Å². The van der Waals surface area contributed by atoms with Crippen LogP contribution in [-0.2, 0) is 6.54 Å². The lowest BCUT2D eigenvalue weighted by Gasteiger charge is -2.09. The standard InChI is InChI=1S/C14H13BrFNO/c1-17-9-10-6-7-11(8-12(10)15)18-14-5-3-2-4-13(14)16/h2-8,17H,9H2,1H3. The highest BCUT2D eigenvalue weighted by Crippen LogP contribution is 2.28. The van der Waals surface area contributed by atoms with Gasteiger partial charge in [-0.05, 0) is 36.9 Å². The molecular formula is C14H13BrFNO. The van der Waals surface area contributed by atoms with Gasteiger partial charge in [0, 0.05) is 11.0 Å². The molecule has 1 N–H and O–H groups in total. The quantitative estimate of drug-likeness (QED) is 0.918. The van der Waals surface area contributed by atoms with E-state index in [0.717, 1.165) is 16.6 Å². The first kappa shape index (κ1) is 13.1. The van der Waals surface area contributed by atoms with Crippen LogP contribution in [0.1, 0.15) is 5.56 Å². The fourth-order valence-electron chi connectivity index (χ4n) is 1.58. The third kappa shape index (κ3) is 3.09. The van der Waals surface area contributed by atoms with Gasteiger partial charge in [0.15, 0.2) is 11.6 Å². The van der Waals surface area contributed by atoms with E-state index in [1.54, 1.807) is 18.2 Å². The predicted octanol–water partition coefficient (Wildman–Crippen LogP) is 4.10. The van der Waals surface area contributed by atoms with Gasteiger partial charge in [0.05, 0.1) is 0 Å². The normalized spacial score (nSPS) is 10.4. The van der Waals surface area contributed by atoms with Crippen molar-refractivity contribution in [2.24, 2.45) is 0 Å². The molecule has 2 nitrogen and oxygen atoms in total. The van der Waals surface area contributed by atoms with Gasteiger partial charge in [-0.25, -0.2) is 4.39 Å². The SMILES string of the molecule is CNCc1ccc(Oc2ccccc2F)cc1Br. The Morgan fingerprint density at radius 2 is 2.00 bits per heavy atom. The van der Waals surface area contributed by atoms with Crippen molar-refractivity contribution in [1.29, 1.82) is 0 Å². The molecule has 0 aromatic heterocycles. The zero-order valence-corrected chi connectivity index (χ0v) is 11.5. The molecule has 4 heteroatoms. The average Bonchev–Trinajstić information content (AvgIpc) is 2.36. The molecule has 0 heterocycles. The Morgan fingerprint density at radius 1 is 1.22 bits per heavy atom. The highest BCUT2D eigenvalue weighted by atomic mass is 79.9. The topological polar surface area (TPSA) is 21.3 Å². The van der Waals surface area contributed by atoms with Crippen molar-refractivity contribution < 1.29 is 9.13 Å². The molecule has 0 aliphatic carbocycles. The van der Waals surface area contributed by atoms with Crippen LogP contribution in [0, 0.1) is 5.82 Å². The van der Waals surface area contributed by atoms with E-state index in [0.29, 0.717) is 5.75 Å². The van der Waals surface area contributed by atoms with Crippen LogP contribution in [0.15, 0.2) is 46.9 Å². The lowest BCUT2D eigenvalue weighted by Crippen LogP contribution is -2.05. The second-order valence-corrected chi connectivity index (χ2v) is 4.67. The molecule has 0 fully saturated rings. The second-order valence-electron chi connectivity index (χ2n) is 3.82. The molecule has 0 saturated heterocycles. The van der Waals surface area contributed by atoms with E-state index in [4.69, 9.17) is 4.74 Å². The van der Waals surface area contributed by atoms with E-state index in [9.17, 15) is 4.39 Å². The van der Waals surface area contributed by atoms with Crippen LogP contribution in [0.25, 0.3) is 0 Å². The molecule has 18 heavy (non-hydrogen) atoms. The van der Waals surface area contributed by atoms with Crippen molar-refractivity contribution in [3.8, 4) is 11.5 Å². The maximum Gasteiger partial charge on any atom is 0.165 e.